The number of nitrogens with zero attached hydrogens (tertiary/aromatic N) is 2. The Balaban J connectivity index is 1.56. The lowest BCUT2D eigenvalue weighted by Crippen LogP contribution is -2.21. The smallest absolute Gasteiger partial charge is 0.262 e. The van der Waals surface area contributed by atoms with Crippen LogP contribution in [0.1, 0.15) is 11.1 Å². The number of hydrogen-bond acceptors (Lipinski definition) is 6. The lowest BCUT2D eigenvalue weighted by molar-refractivity contribution is -0.118. The highest BCUT2D eigenvalue weighted by Crippen LogP contribution is 2.37. The normalized spacial score (nSPS) is 10.8. The van der Waals surface area contributed by atoms with E-state index in [1.54, 1.807) is 7.11 Å². The van der Waals surface area contributed by atoms with Gasteiger partial charge in [0, 0.05) is 10.9 Å². The number of carbonyl (C=O) groups excluding carboxylic acids is 1. The Morgan fingerprint density at radius 2 is 1.83 bits per heavy atom. The number of amides is 1. The number of fused-ring (bicyclic) bond motifs is 1. The van der Waals surface area contributed by atoms with E-state index in [1.165, 1.54) is 23.2 Å². The number of rotatable bonds is 6. The molecule has 2 aromatic carbocycles. The standard InChI is InChI=1S/C23H21N3O3S/c1-14-4-7-16(8-5-14)17-12-30-23-21(17)22(24-13-25-23)29-11-20(27)26-18-10-15(2)6-9-19(18)28-3/h4-10,12-13H,11H2,1-3H3,(H,26,27). The number of aromatic nitrogens is 2. The van der Waals surface area contributed by atoms with Gasteiger partial charge in [0.2, 0.25) is 5.88 Å². The maximum absolute atomic E-state index is 12.5. The molecule has 0 aliphatic carbocycles. The first-order valence-corrected chi connectivity index (χ1v) is 10.3. The molecular formula is C23H21N3O3S. The molecule has 6 nitrogen and oxygen atoms in total. The Morgan fingerprint density at radius 3 is 2.60 bits per heavy atom. The second-order valence-corrected chi connectivity index (χ2v) is 7.77. The van der Waals surface area contributed by atoms with Crippen molar-refractivity contribution in [2.24, 2.45) is 0 Å². The summed E-state index contributed by atoms with van der Waals surface area (Å²) in [6.07, 6.45) is 1.45. The van der Waals surface area contributed by atoms with Gasteiger partial charge in [0.15, 0.2) is 6.61 Å². The van der Waals surface area contributed by atoms with Gasteiger partial charge in [0.25, 0.3) is 5.91 Å². The van der Waals surface area contributed by atoms with Crippen LogP contribution in [0.2, 0.25) is 0 Å². The SMILES string of the molecule is COc1ccc(C)cc1NC(=O)COc1ncnc2scc(-c3ccc(C)cc3)c12. The molecule has 0 atom stereocenters. The van der Waals surface area contributed by atoms with Gasteiger partial charge in [-0.2, -0.15) is 0 Å². The van der Waals surface area contributed by atoms with Gasteiger partial charge in [-0.05, 0) is 37.1 Å². The highest BCUT2D eigenvalue weighted by Gasteiger charge is 2.16. The first kappa shape index (κ1) is 19.8. The largest absolute Gasteiger partial charge is 0.495 e. The quantitative estimate of drug-likeness (QED) is 0.476. The molecule has 1 amide bonds. The highest BCUT2D eigenvalue weighted by molar-refractivity contribution is 7.17. The fraction of sp³-hybridized carbons (Fsp3) is 0.174. The van der Waals surface area contributed by atoms with Gasteiger partial charge < -0.3 is 14.8 Å². The van der Waals surface area contributed by atoms with Crippen LogP contribution in [-0.2, 0) is 4.79 Å². The van der Waals surface area contributed by atoms with Gasteiger partial charge >= 0.3 is 0 Å². The van der Waals surface area contributed by atoms with E-state index >= 15 is 0 Å². The Labute approximate surface area is 178 Å². The summed E-state index contributed by atoms with van der Waals surface area (Å²) < 4.78 is 11.1. The number of aryl methyl sites for hydroxylation is 2. The molecule has 4 rings (SSSR count). The van der Waals surface area contributed by atoms with E-state index < -0.39 is 0 Å². The predicted molar refractivity (Wildman–Crippen MR) is 119 cm³/mol. The number of carbonyl (C=O) groups is 1. The fourth-order valence-electron chi connectivity index (χ4n) is 3.14. The molecule has 7 heteroatoms. The second-order valence-electron chi connectivity index (χ2n) is 6.91. The monoisotopic (exact) mass is 419 g/mol. The molecule has 0 fully saturated rings. The van der Waals surface area contributed by atoms with Crippen LogP contribution in [-0.4, -0.2) is 29.6 Å². The number of thiophene rings is 1. The first-order chi connectivity index (χ1) is 14.5. The Morgan fingerprint density at radius 1 is 1.07 bits per heavy atom. The minimum atomic E-state index is -0.294. The van der Waals surface area contributed by atoms with E-state index in [0.717, 1.165) is 26.9 Å². The fourth-order valence-corrected chi connectivity index (χ4v) is 4.05. The molecule has 0 unspecified atom stereocenters. The zero-order chi connectivity index (χ0) is 21.1. The Bertz CT molecular complexity index is 1200. The van der Waals surface area contributed by atoms with Crippen molar-refractivity contribution in [2.45, 2.75) is 13.8 Å². The zero-order valence-corrected chi connectivity index (χ0v) is 17.7. The molecule has 0 saturated carbocycles. The maximum Gasteiger partial charge on any atom is 0.262 e. The molecule has 2 aromatic heterocycles. The molecular weight excluding hydrogens is 398 g/mol. The minimum Gasteiger partial charge on any atom is -0.495 e. The summed E-state index contributed by atoms with van der Waals surface area (Å²) in [7, 11) is 1.57. The summed E-state index contributed by atoms with van der Waals surface area (Å²) >= 11 is 1.52. The third-order valence-corrected chi connectivity index (χ3v) is 5.55. The van der Waals surface area contributed by atoms with Crippen LogP contribution in [0.25, 0.3) is 21.3 Å². The van der Waals surface area contributed by atoms with Gasteiger partial charge in [-0.25, -0.2) is 9.97 Å². The van der Waals surface area contributed by atoms with Crippen molar-refractivity contribution in [3.05, 3.63) is 65.3 Å². The van der Waals surface area contributed by atoms with Crippen LogP contribution < -0.4 is 14.8 Å². The number of ether oxygens (including phenoxy) is 2. The van der Waals surface area contributed by atoms with Gasteiger partial charge in [0.1, 0.15) is 16.9 Å². The molecule has 30 heavy (non-hydrogen) atoms. The van der Waals surface area contributed by atoms with Gasteiger partial charge in [-0.1, -0.05) is 35.9 Å². The first-order valence-electron chi connectivity index (χ1n) is 9.41. The number of benzene rings is 2. The van der Waals surface area contributed by atoms with Crippen LogP contribution in [0.5, 0.6) is 11.6 Å². The zero-order valence-electron chi connectivity index (χ0n) is 16.9. The molecule has 152 valence electrons. The van der Waals surface area contributed by atoms with Gasteiger partial charge in [-0.15, -0.1) is 11.3 Å². The molecule has 0 aliphatic heterocycles. The van der Waals surface area contributed by atoms with Crippen LogP contribution in [0.3, 0.4) is 0 Å². The Kier molecular flexibility index (Phi) is 5.63. The molecule has 2 heterocycles. The van der Waals surface area contributed by atoms with Crippen molar-refractivity contribution >= 4 is 33.1 Å². The molecule has 0 saturated heterocycles. The highest BCUT2D eigenvalue weighted by atomic mass is 32.1. The predicted octanol–water partition coefficient (Wildman–Crippen LogP) is 5.00. The third-order valence-electron chi connectivity index (χ3n) is 4.67. The summed E-state index contributed by atoms with van der Waals surface area (Å²) in [6, 6.07) is 13.8. The van der Waals surface area contributed by atoms with Crippen molar-refractivity contribution in [1.29, 1.82) is 0 Å². The van der Waals surface area contributed by atoms with Gasteiger partial charge in [0.05, 0.1) is 18.2 Å². The molecule has 1 N–H and O–H groups in total. The second kappa shape index (κ2) is 8.51. The Hall–Kier alpha value is -3.45. The number of anilines is 1. The topological polar surface area (TPSA) is 73.3 Å². The average molecular weight is 420 g/mol. The summed E-state index contributed by atoms with van der Waals surface area (Å²) in [5, 5.41) is 5.69. The number of hydrogen-bond donors (Lipinski definition) is 1. The van der Waals surface area contributed by atoms with Crippen LogP contribution in [0.4, 0.5) is 5.69 Å². The minimum absolute atomic E-state index is 0.174. The van der Waals surface area contributed by atoms with Crippen LogP contribution >= 0.6 is 11.3 Å². The van der Waals surface area contributed by atoms with Crippen molar-refractivity contribution in [3.63, 3.8) is 0 Å². The summed E-state index contributed by atoms with van der Waals surface area (Å²) in [5.41, 5.74) is 4.86. The molecule has 0 spiro atoms. The van der Waals surface area contributed by atoms with E-state index in [0.29, 0.717) is 17.3 Å². The summed E-state index contributed by atoms with van der Waals surface area (Å²) in [6.45, 7) is 3.83. The van der Waals surface area contributed by atoms with E-state index in [2.05, 4.69) is 46.5 Å². The van der Waals surface area contributed by atoms with Crippen molar-refractivity contribution in [1.82, 2.24) is 9.97 Å². The average Bonchev–Trinajstić information content (AvgIpc) is 3.18. The third kappa shape index (κ3) is 4.11. The maximum atomic E-state index is 12.5. The number of nitrogens with one attached hydrogen (secondary N) is 1. The van der Waals surface area contributed by atoms with Crippen molar-refractivity contribution in [2.75, 3.05) is 19.0 Å². The summed E-state index contributed by atoms with van der Waals surface area (Å²) in [5.74, 6) is 0.693. The van der Waals surface area contributed by atoms with Crippen LogP contribution in [0.15, 0.2) is 54.2 Å². The van der Waals surface area contributed by atoms with Crippen molar-refractivity contribution < 1.29 is 14.3 Å². The van der Waals surface area contributed by atoms with E-state index in [4.69, 9.17) is 9.47 Å². The molecule has 0 aliphatic rings. The number of methoxy groups -OCH3 is 1. The van der Waals surface area contributed by atoms with Gasteiger partial charge in [-0.3, -0.25) is 4.79 Å². The van der Waals surface area contributed by atoms with Crippen LogP contribution in [0, 0.1) is 13.8 Å². The lowest BCUT2D eigenvalue weighted by atomic mass is 10.0. The lowest BCUT2D eigenvalue weighted by Gasteiger charge is -2.12. The van der Waals surface area contributed by atoms with Crippen molar-refractivity contribution in [3.8, 4) is 22.8 Å². The summed E-state index contributed by atoms with van der Waals surface area (Å²) in [4.78, 5) is 21.9. The molecule has 0 radical (unpaired) electrons. The molecule has 0 bridgehead atoms. The van der Waals surface area contributed by atoms with E-state index in [9.17, 15) is 4.79 Å². The van der Waals surface area contributed by atoms with E-state index in [1.807, 2.05) is 30.5 Å². The van der Waals surface area contributed by atoms with E-state index in [-0.39, 0.29) is 12.5 Å². The molecule has 4 aromatic rings.